The number of benzene rings is 2. The minimum Gasteiger partial charge on any atom is -0.388 e. The molecule has 0 aromatic heterocycles. The Balaban J connectivity index is 1.32. The molecule has 0 aliphatic carbocycles. The molecular weight excluding hydrogens is 490 g/mol. The lowest BCUT2D eigenvalue weighted by Gasteiger charge is -2.49. The number of imide groups is 1. The first-order valence-electron chi connectivity index (χ1n) is 13.0. The van der Waals surface area contributed by atoms with Gasteiger partial charge in [-0.2, -0.15) is 0 Å². The number of aliphatic hydroxyl groups is 1. The standard InChI is InChI=1S/C29H33NO8/c1-2-15-34-16-9-4-10-17-35-29-23(30-26(32)20-13-7-8-14-21(20)27(30)33)24(31)25-22(37-29)18-36-28(38-25)19-11-5-3-6-12-19/h2-3,5-8,11-14,22-25,28-29,31H,1,4,9-10,15-18H2/t22-,23-,24-,25-,28?,29-/m1/s1. The van der Waals surface area contributed by atoms with Crippen LogP contribution in [0.5, 0.6) is 0 Å². The lowest BCUT2D eigenvalue weighted by atomic mass is 9.94. The SMILES string of the molecule is C=CCOCCCCCO[C@@H]1O[C@@H]2COC(c3ccccc3)O[C@H]2[C@H](O)[C@H]1N1C(=O)c2ccccc2C1=O. The van der Waals surface area contributed by atoms with Crippen LogP contribution in [0.15, 0.2) is 67.3 Å². The summed E-state index contributed by atoms with van der Waals surface area (Å²) in [5.41, 5.74) is 1.38. The van der Waals surface area contributed by atoms with E-state index in [1.807, 2.05) is 30.3 Å². The summed E-state index contributed by atoms with van der Waals surface area (Å²) in [6.07, 6.45) is -0.295. The van der Waals surface area contributed by atoms with E-state index in [0.29, 0.717) is 30.9 Å². The Labute approximate surface area is 221 Å². The molecule has 5 rings (SSSR count). The number of hydrogen-bond donors (Lipinski definition) is 1. The Kier molecular flexibility index (Phi) is 8.63. The summed E-state index contributed by atoms with van der Waals surface area (Å²) in [4.78, 5) is 27.7. The summed E-state index contributed by atoms with van der Waals surface area (Å²) < 4.78 is 29.7. The molecule has 6 atom stereocenters. The second-order valence-corrected chi connectivity index (χ2v) is 9.52. The van der Waals surface area contributed by atoms with E-state index in [0.717, 1.165) is 29.7 Å². The molecule has 0 spiro atoms. The summed E-state index contributed by atoms with van der Waals surface area (Å²) >= 11 is 0. The molecule has 0 radical (unpaired) electrons. The lowest BCUT2D eigenvalue weighted by Crippen LogP contribution is -2.67. The third-order valence-electron chi connectivity index (χ3n) is 6.98. The average Bonchev–Trinajstić information content (AvgIpc) is 3.20. The van der Waals surface area contributed by atoms with Gasteiger partial charge < -0.3 is 28.8 Å². The Bertz CT molecular complexity index is 1090. The molecule has 202 valence electrons. The summed E-state index contributed by atoms with van der Waals surface area (Å²) in [5.74, 6) is -0.979. The summed E-state index contributed by atoms with van der Waals surface area (Å²) in [6.45, 7) is 5.26. The van der Waals surface area contributed by atoms with Crippen LogP contribution < -0.4 is 0 Å². The predicted octanol–water partition coefficient (Wildman–Crippen LogP) is 3.24. The number of carbonyl (C=O) groups excluding carboxylic acids is 2. The van der Waals surface area contributed by atoms with Crippen LogP contribution in [0.4, 0.5) is 0 Å². The summed E-state index contributed by atoms with van der Waals surface area (Å²) in [7, 11) is 0. The first-order valence-corrected chi connectivity index (χ1v) is 13.0. The third-order valence-corrected chi connectivity index (χ3v) is 6.98. The zero-order valence-electron chi connectivity index (χ0n) is 21.1. The van der Waals surface area contributed by atoms with Crippen LogP contribution in [0.3, 0.4) is 0 Å². The number of unbranched alkanes of at least 4 members (excludes halogenated alkanes) is 2. The number of ether oxygens (including phenoxy) is 5. The van der Waals surface area contributed by atoms with Gasteiger partial charge in [-0.25, -0.2) is 0 Å². The fraction of sp³-hybridized carbons (Fsp3) is 0.448. The number of aliphatic hydroxyl groups excluding tert-OH is 1. The molecule has 38 heavy (non-hydrogen) atoms. The minimum atomic E-state index is -1.25. The normalized spacial score (nSPS) is 28.7. The summed E-state index contributed by atoms with van der Waals surface area (Å²) in [6, 6.07) is 14.9. The zero-order valence-corrected chi connectivity index (χ0v) is 21.1. The zero-order chi connectivity index (χ0) is 26.5. The molecule has 2 aromatic rings. The van der Waals surface area contributed by atoms with E-state index in [1.54, 1.807) is 30.3 Å². The number of carbonyl (C=O) groups is 2. The van der Waals surface area contributed by atoms with Crippen LogP contribution in [0.1, 0.15) is 51.8 Å². The number of nitrogens with zero attached hydrogens (tertiary/aromatic N) is 1. The van der Waals surface area contributed by atoms with Crippen molar-refractivity contribution in [2.45, 2.75) is 56.2 Å². The van der Waals surface area contributed by atoms with Crippen molar-refractivity contribution in [3.05, 3.63) is 83.9 Å². The Morgan fingerprint density at radius 2 is 1.63 bits per heavy atom. The highest BCUT2D eigenvalue weighted by Crippen LogP contribution is 2.38. The molecule has 1 N–H and O–H groups in total. The smallest absolute Gasteiger partial charge is 0.262 e. The van der Waals surface area contributed by atoms with Crippen molar-refractivity contribution in [2.75, 3.05) is 26.4 Å². The molecular formula is C29H33NO8. The molecule has 2 saturated heterocycles. The first-order chi connectivity index (χ1) is 18.6. The van der Waals surface area contributed by atoms with Crippen molar-refractivity contribution in [1.29, 1.82) is 0 Å². The molecule has 1 unspecified atom stereocenters. The maximum atomic E-state index is 13.3. The van der Waals surface area contributed by atoms with Crippen molar-refractivity contribution < 1.29 is 38.4 Å². The van der Waals surface area contributed by atoms with E-state index in [4.69, 9.17) is 23.7 Å². The highest BCUT2D eigenvalue weighted by Gasteiger charge is 2.55. The van der Waals surface area contributed by atoms with Crippen molar-refractivity contribution in [1.82, 2.24) is 4.90 Å². The van der Waals surface area contributed by atoms with Gasteiger partial charge in [0.05, 0.1) is 24.3 Å². The minimum absolute atomic E-state index is 0.163. The largest absolute Gasteiger partial charge is 0.388 e. The summed E-state index contributed by atoms with van der Waals surface area (Å²) in [5, 5.41) is 11.6. The molecule has 3 aliphatic heterocycles. The molecule has 2 fully saturated rings. The van der Waals surface area contributed by atoms with Gasteiger partial charge in [0, 0.05) is 18.8 Å². The Hall–Kier alpha value is -2.92. The van der Waals surface area contributed by atoms with Crippen molar-refractivity contribution >= 4 is 11.8 Å². The fourth-order valence-electron chi connectivity index (χ4n) is 5.10. The molecule has 2 amide bonds. The van der Waals surface area contributed by atoms with Crippen LogP contribution in [0.25, 0.3) is 0 Å². The second kappa shape index (κ2) is 12.3. The van der Waals surface area contributed by atoms with E-state index in [1.165, 1.54) is 0 Å². The van der Waals surface area contributed by atoms with Crippen LogP contribution in [0.2, 0.25) is 0 Å². The first kappa shape index (κ1) is 26.7. The van der Waals surface area contributed by atoms with Gasteiger partial charge in [-0.15, -0.1) is 6.58 Å². The second-order valence-electron chi connectivity index (χ2n) is 9.52. The maximum absolute atomic E-state index is 13.3. The third kappa shape index (κ3) is 5.44. The van der Waals surface area contributed by atoms with Crippen LogP contribution in [0, 0.1) is 0 Å². The molecule has 0 saturated carbocycles. The van der Waals surface area contributed by atoms with Gasteiger partial charge in [0.1, 0.15) is 24.4 Å². The van der Waals surface area contributed by atoms with Gasteiger partial charge in [-0.05, 0) is 31.4 Å². The monoisotopic (exact) mass is 523 g/mol. The predicted molar refractivity (Wildman–Crippen MR) is 136 cm³/mol. The maximum Gasteiger partial charge on any atom is 0.262 e. The number of rotatable bonds is 11. The van der Waals surface area contributed by atoms with Crippen LogP contribution in [-0.4, -0.2) is 78.9 Å². The van der Waals surface area contributed by atoms with Gasteiger partial charge in [0.25, 0.3) is 11.8 Å². The van der Waals surface area contributed by atoms with Gasteiger partial charge >= 0.3 is 0 Å². The lowest BCUT2D eigenvalue weighted by molar-refractivity contribution is -0.349. The molecule has 9 nitrogen and oxygen atoms in total. The number of hydrogen-bond acceptors (Lipinski definition) is 8. The number of amides is 2. The Morgan fingerprint density at radius 1 is 0.947 bits per heavy atom. The topological polar surface area (TPSA) is 104 Å². The van der Waals surface area contributed by atoms with E-state index < -0.39 is 48.7 Å². The molecule has 3 heterocycles. The van der Waals surface area contributed by atoms with E-state index in [2.05, 4.69) is 6.58 Å². The van der Waals surface area contributed by atoms with E-state index in [9.17, 15) is 14.7 Å². The quantitative estimate of drug-likeness (QED) is 0.272. The highest BCUT2D eigenvalue weighted by atomic mass is 16.7. The van der Waals surface area contributed by atoms with Gasteiger partial charge in [-0.1, -0.05) is 48.5 Å². The van der Waals surface area contributed by atoms with Crippen LogP contribution >= 0.6 is 0 Å². The van der Waals surface area contributed by atoms with Crippen molar-refractivity contribution in [3.63, 3.8) is 0 Å². The van der Waals surface area contributed by atoms with E-state index in [-0.39, 0.29) is 6.61 Å². The van der Waals surface area contributed by atoms with Crippen molar-refractivity contribution in [3.8, 4) is 0 Å². The van der Waals surface area contributed by atoms with Crippen molar-refractivity contribution in [2.24, 2.45) is 0 Å². The van der Waals surface area contributed by atoms with Gasteiger partial charge in [0.15, 0.2) is 12.6 Å². The van der Waals surface area contributed by atoms with Crippen LogP contribution in [-0.2, 0) is 23.7 Å². The van der Waals surface area contributed by atoms with Gasteiger partial charge in [-0.3, -0.25) is 14.5 Å². The molecule has 9 heteroatoms. The van der Waals surface area contributed by atoms with Gasteiger partial charge in [0.2, 0.25) is 0 Å². The highest BCUT2D eigenvalue weighted by molar-refractivity contribution is 6.21. The molecule has 3 aliphatic rings. The molecule has 0 bridgehead atoms. The number of fused-ring (bicyclic) bond motifs is 2. The fourth-order valence-corrected chi connectivity index (χ4v) is 5.10. The Morgan fingerprint density at radius 3 is 2.34 bits per heavy atom. The molecule has 2 aromatic carbocycles. The van der Waals surface area contributed by atoms with E-state index >= 15 is 0 Å². The average molecular weight is 524 g/mol.